The third kappa shape index (κ3) is 44.0. The van der Waals surface area contributed by atoms with Crippen molar-refractivity contribution in [2.75, 3.05) is 44.7 Å². The number of nitrogens with one attached hydrogen (secondary N) is 7. The van der Waals surface area contributed by atoms with Crippen molar-refractivity contribution >= 4 is 93.1 Å². The smallest absolute Gasteiger partial charge is 0.228 e. The zero-order chi connectivity index (χ0) is 104. The number of amides is 7. The topological polar surface area (TPSA) is 484 Å². The molecule has 10 rings (SSSR count). The molecular formula is C115H158N14O14S. The molecule has 28 nitrogen and oxygen atoms in total. The van der Waals surface area contributed by atoms with Gasteiger partial charge in [-0.2, -0.15) is 0 Å². The lowest BCUT2D eigenvalue weighted by atomic mass is 9.87. The minimum absolute atomic E-state index is 0.00380. The van der Waals surface area contributed by atoms with E-state index in [1.807, 2.05) is 247 Å². The van der Waals surface area contributed by atoms with Gasteiger partial charge in [0.2, 0.25) is 41.4 Å². The summed E-state index contributed by atoms with van der Waals surface area (Å²) in [7, 11) is 0. The summed E-state index contributed by atoms with van der Waals surface area (Å²) >= 11 is 1.45. The van der Waals surface area contributed by atoms with Gasteiger partial charge in [-0.1, -0.05) is 255 Å². The van der Waals surface area contributed by atoms with Crippen molar-refractivity contribution in [1.82, 2.24) is 36.9 Å². The van der Waals surface area contributed by atoms with Crippen LogP contribution in [0.4, 0.5) is 5.69 Å². The summed E-state index contributed by atoms with van der Waals surface area (Å²) in [5.41, 5.74) is 44.2. The average molecular weight is 1990 g/mol. The summed E-state index contributed by atoms with van der Waals surface area (Å²) in [5.74, 6) is -6.07. The van der Waals surface area contributed by atoms with Crippen LogP contribution in [-0.4, -0.2) is 157 Å². The molecule has 0 spiro atoms. The second kappa shape index (κ2) is 64.8. The average Bonchev–Trinajstić information content (AvgIpc) is 1.71. The Bertz CT molecular complexity index is 5230. The number of hydrogen-bond acceptors (Lipinski definition) is 22. The van der Waals surface area contributed by atoms with Crippen LogP contribution in [0.2, 0.25) is 0 Å². The highest BCUT2D eigenvalue weighted by Crippen LogP contribution is 2.29. The van der Waals surface area contributed by atoms with Gasteiger partial charge in [-0.05, 0) is 203 Å². The zero-order valence-corrected chi connectivity index (χ0v) is 86.0. The Morgan fingerprint density at radius 3 is 1.00 bits per heavy atom. The third-order valence-electron chi connectivity index (χ3n) is 26.3. The number of nitrogens with two attached hydrogens (primary N) is 6. The molecule has 0 saturated carbocycles. The molecule has 19 N–H and O–H groups in total. The van der Waals surface area contributed by atoms with Crippen LogP contribution in [0, 0.1) is 59.2 Å². The number of benzene rings is 7. The summed E-state index contributed by atoms with van der Waals surface area (Å²) in [6.45, 7) is 16.0. The second-order valence-electron chi connectivity index (χ2n) is 40.0. The van der Waals surface area contributed by atoms with Gasteiger partial charge in [-0.25, -0.2) is 4.98 Å². The maximum absolute atomic E-state index is 14.0. The van der Waals surface area contributed by atoms with E-state index in [4.69, 9.17) is 39.1 Å². The van der Waals surface area contributed by atoms with E-state index < -0.39 is 71.8 Å². The van der Waals surface area contributed by atoms with Crippen molar-refractivity contribution in [2.24, 2.45) is 93.6 Å². The molecule has 7 aromatic carbocycles. The van der Waals surface area contributed by atoms with Crippen LogP contribution >= 0.6 is 11.3 Å². The highest BCUT2D eigenvalue weighted by atomic mass is 32.1. The van der Waals surface area contributed by atoms with Crippen molar-refractivity contribution < 1.29 is 67.1 Å². The number of carbonyl (C=O) groups is 13. The van der Waals surface area contributed by atoms with Crippen LogP contribution in [0.5, 0.6) is 0 Å². The molecule has 1 saturated heterocycles. The maximum atomic E-state index is 14.0. The van der Waals surface area contributed by atoms with Gasteiger partial charge in [0.05, 0.1) is 49.2 Å². The number of nitrogens with zero attached hydrogens (tertiary/aromatic N) is 1. The molecule has 0 unspecified atom stereocenters. The highest BCUT2D eigenvalue weighted by Gasteiger charge is 2.38. The Morgan fingerprint density at radius 2 is 0.688 bits per heavy atom. The van der Waals surface area contributed by atoms with Gasteiger partial charge in [-0.3, -0.25) is 62.3 Å². The molecule has 778 valence electrons. The quantitative estimate of drug-likeness (QED) is 0.0157. The number of fused-ring (bicyclic) bond motifs is 1. The van der Waals surface area contributed by atoms with E-state index in [-0.39, 0.29) is 139 Å². The summed E-state index contributed by atoms with van der Waals surface area (Å²) in [5, 5.41) is 23.4. The number of rotatable bonds is 63. The number of unbranched alkanes of at least 4 members (excludes halogenated alkanes) is 3. The van der Waals surface area contributed by atoms with Crippen molar-refractivity contribution in [1.29, 1.82) is 0 Å². The number of anilines is 1. The Hall–Kier alpha value is -11.8. The molecule has 0 aliphatic carbocycles. The van der Waals surface area contributed by atoms with Gasteiger partial charge in [-0.15, -0.1) is 11.3 Å². The van der Waals surface area contributed by atoms with Crippen molar-refractivity contribution in [3.8, 4) is 0 Å². The lowest BCUT2D eigenvalue weighted by Gasteiger charge is -2.26. The first-order chi connectivity index (χ1) is 69.3. The number of carbonyl (C=O) groups excluding carboxylic acids is 13. The van der Waals surface area contributed by atoms with Crippen LogP contribution in [0.3, 0.4) is 0 Å². The van der Waals surface area contributed by atoms with Crippen molar-refractivity contribution in [3.63, 3.8) is 0 Å². The van der Waals surface area contributed by atoms with Crippen molar-refractivity contribution in [2.45, 2.75) is 264 Å². The van der Waals surface area contributed by atoms with Gasteiger partial charge in [0.15, 0.2) is 34.7 Å². The number of Topliss-reactive ketones (excluding diaryl/α,β-unsaturated/α-hetero) is 6. The van der Waals surface area contributed by atoms with E-state index in [1.54, 1.807) is 6.20 Å². The summed E-state index contributed by atoms with van der Waals surface area (Å²) in [6, 6.07) is 58.2. The minimum atomic E-state index is -0.824. The van der Waals surface area contributed by atoms with E-state index in [0.29, 0.717) is 148 Å². The highest BCUT2D eigenvalue weighted by molar-refractivity contribution is 7.09. The molecule has 3 heterocycles. The van der Waals surface area contributed by atoms with Crippen LogP contribution in [0.15, 0.2) is 212 Å². The van der Waals surface area contributed by atoms with Gasteiger partial charge in [0.25, 0.3) is 0 Å². The second-order valence-corrected chi connectivity index (χ2v) is 40.9. The van der Waals surface area contributed by atoms with Crippen LogP contribution in [0.1, 0.15) is 219 Å². The van der Waals surface area contributed by atoms with Crippen LogP contribution in [0.25, 0.3) is 0 Å². The summed E-state index contributed by atoms with van der Waals surface area (Å²) < 4.78 is 5.44. The molecule has 0 bridgehead atoms. The predicted molar refractivity (Wildman–Crippen MR) is 567 cm³/mol. The standard InChI is InChI=1S/C41H53N5O5.C38H56N4O5.C36H49N5O4S/c1-27(2)19-36(38(48)23-31(15-9-10-18-42)40(50)44-26-30-16-17-35-32(21-30)25-39(49)45-35)46-41(51)33(20-28-11-5-3-6-12-28)24-37(47)34(43)22-29-13-7-4-8-14-29;1-27(2)21-34(36(44)24-31(15-9-10-18-39)37(45)41-26-30-16-19-47-20-17-30)42-38(46)32(22-28-11-5-3-6-12-28)25-35(43)33(40)23-29-13-7-4-8-14-29;1-25(2)19-31(33(43)22-28(15-9-10-16-37)35(44)40-24-34-39-17-18-46-34)41-36(45)29(20-26-11-5-3-6-12-26)23-32(42)30(38)21-27-13-7-4-8-14-27/h3-8,11-14,16-17,21,27,31,33-34,36H,9-10,15,18-20,22-26,42-43H2,1-2H3,(H,44,50)(H,45,49)(H,46,51);3-8,11-14,27,30-34H,9-10,15-26,39-40H2,1-2H3,(H,41,45)(H,42,46);3-8,11-14,17-18,25,28-31H,9-10,15-16,19-24,37-38H2,1-2H3,(H,40,44)(H,41,45)/t31-,33-,34+,36+;31-,32-,33+,34+;28-,29-,30+,31+/m000/s1. The summed E-state index contributed by atoms with van der Waals surface area (Å²) in [4.78, 5) is 179. The molecule has 0 radical (unpaired) electrons. The Labute approximate surface area is 855 Å². The molecule has 1 aromatic heterocycles. The van der Waals surface area contributed by atoms with Crippen LogP contribution in [-0.2, 0) is 125 Å². The first-order valence-electron chi connectivity index (χ1n) is 51.7. The van der Waals surface area contributed by atoms with E-state index in [2.05, 4.69) is 42.2 Å². The SMILES string of the molecule is CC(C)C[C@@H](NC(=O)[C@H](CC(=O)[C@H](N)Cc1ccccc1)Cc1ccccc1)C(=O)C[C@H](CCCCN)C(=O)NCC1CCOCC1.CC(C)C[C@@H](NC(=O)[C@H](CC(=O)[C@H](N)Cc1ccccc1)Cc1ccccc1)C(=O)C[C@H](CCCCN)C(=O)NCc1ccc2c(c1)CC(=O)N2.CC(C)C[C@@H](NC(=O)[C@H](CC(=O)[C@H](N)Cc1ccccc1)Cc1ccccc1)C(=O)C[C@H](CCCCN)C(=O)NCc1nccs1. The number of ether oxygens (including phenoxy) is 1. The molecule has 1 fully saturated rings. The summed E-state index contributed by atoms with van der Waals surface area (Å²) in [6.07, 6.45) is 12.9. The fourth-order valence-electron chi connectivity index (χ4n) is 18.1. The molecule has 144 heavy (non-hydrogen) atoms. The lowest BCUT2D eigenvalue weighted by Crippen LogP contribution is -2.47. The molecule has 12 atom stereocenters. The zero-order valence-electron chi connectivity index (χ0n) is 85.2. The molecule has 2 aliphatic rings. The van der Waals surface area contributed by atoms with E-state index in [9.17, 15) is 62.3 Å². The minimum Gasteiger partial charge on any atom is -0.381 e. The largest absolute Gasteiger partial charge is 0.381 e. The van der Waals surface area contributed by atoms with Gasteiger partial charge >= 0.3 is 0 Å². The van der Waals surface area contributed by atoms with Crippen LogP contribution < -0.4 is 71.6 Å². The molecule has 8 aromatic rings. The molecule has 7 amide bonds. The predicted octanol–water partition coefficient (Wildman–Crippen LogP) is 13.0. The van der Waals surface area contributed by atoms with Gasteiger partial charge in [0, 0.05) is 118 Å². The van der Waals surface area contributed by atoms with Crippen molar-refractivity contribution in [3.05, 3.63) is 261 Å². The Morgan fingerprint density at radius 1 is 0.375 bits per heavy atom. The molecule has 2 aliphatic heterocycles. The first kappa shape index (κ1) is 117. The van der Waals surface area contributed by atoms with Gasteiger partial charge in [0.1, 0.15) is 5.01 Å². The third-order valence-corrected chi connectivity index (χ3v) is 27.1. The fraction of sp³-hybridized carbons (Fsp3) is 0.496. The normalized spacial score (nSPS) is 14.9. The molecular weight excluding hydrogens is 1830 g/mol. The Balaban J connectivity index is 0.000000264. The maximum Gasteiger partial charge on any atom is 0.228 e. The van der Waals surface area contributed by atoms with E-state index in [1.165, 1.54) is 11.3 Å². The number of hydrogen-bond donors (Lipinski definition) is 13. The monoisotopic (exact) mass is 1990 g/mol. The lowest BCUT2D eigenvalue weighted by molar-refractivity contribution is -0.134. The number of aromatic nitrogens is 1. The first-order valence-corrected chi connectivity index (χ1v) is 52.6. The van der Waals surface area contributed by atoms with E-state index >= 15 is 0 Å². The number of ketones is 6. The van der Waals surface area contributed by atoms with E-state index in [0.717, 1.165) is 93.7 Å². The van der Waals surface area contributed by atoms with Gasteiger partial charge < -0.3 is 76.4 Å². The number of thiazole rings is 1. The fourth-order valence-corrected chi connectivity index (χ4v) is 18.7. The Kier molecular flexibility index (Phi) is 52.9. The molecule has 29 heteroatoms.